The van der Waals surface area contributed by atoms with Gasteiger partial charge in [-0.3, -0.25) is 0 Å². The highest BCUT2D eigenvalue weighted by Crippen LogP contribution is 2.23. The first kappa shape index (κ1) is 9.27. The van der Waals surface area contributed by atoms with Gasteiger partial charge in [-0.1, -0.05) is 0 Å². The van der Waals surface area contributed by atoms with Crippen LogP contribution in [0.15, 0.2) is 18.3 Å². The lowest BCUT2D eigenvalue weighted by molar-refractivity contribution is 0.172. The highest BCUT2D eigenvalue weighted by atomic mass is 16.3. The van der Waals surface area contributed by atoms with E-state index >= 15 is 0 Å². The maximum absolute atomic E-state index is 9.61. The Morgan fingerprint density at radius 3 is 3.00 bits per heavy atom. The van der Waals surface area contributed by atoms with Crippen molar-refractivity contribution in [3.8, 4) is 0 Å². The van der Waals surface area contributed by atoms with E-state index in [2.05, 4.69) is 10.3 Å². The monoisotopic (exact) mass is 193 g/mol. The second kappa shape index (κ2) is 3.84. The van der Waals surface area contributed by atoms with E-state index < -0.39 is 0 Å². The molecular weight excluding hydrogens is 178 g/mol. The summed E-state index contributed by atoms with van der Waals surface area (Å²) in [5.74, 6) is 0.502. The number of nitrogens with two attached hydrogens (primary N) is 1. The minimum absolute atomic E-state index is 0.164. The van der Waals surface area contributed by atoms with E-state index in [9.17, 15) is 5.11 Å². The van der Waals surface area contributed by atoms with Gasteiger partial charge in [-0.25, -0.2) is 4.98 Å². The maximum Gasteiger partial charge on any atom is 0.125 e. The van der Waals surface area contributed by atoms with E-state index in [1.165, 1.54) is 0 Å². The number of pyridine rings is 1. The van der Waals surface area contributed by atoms with E-state index in [0.717, 1.165) is 24.9 Å². The number of rotatable bonds is 2. The van der Waals surface area contributed by atoms with Gasteiger partial charge in [0.1, 0.15) is 5.82 Å². The Morgan fingerprint density at radius 1 is 1.50 bits per heavy atom. The highest BCUT2D eigenvalue weighted by molar-refractivity contribution is 5.50. The molecule has 4 N–H and O–H groups in total. The second-order valence-electron chi connectivity index (χ2n) is 3.72. The summed E-state index contributed by atoms with van der Waals surface area (Å²) in [5, 5.41) is 12.9. The second-order valence-corrected chi connectivity index (χ2v) is 3.72. The summed E-state index contributed by atoms with van der Waals surface area (Å²) in [6.45, 7) is 0. The lowest BCUT2D eigenvalue weighted by Crippen LogP contribution is -2.27. The number of hydrogen-bond donors (Lipinski definition) is 3. The van der Waals surface area contributed by atoms with Crippen LogP contribution in [0.5, 0.6) is 0 Å². The SMILES string of the molecule is Nc1cc(NC2CCCC2O)ccn1. The van der Waals surface area contributed by atoms with Crippen molar-refractivity contribution < 1.29 is 5.11 Å². The van der Waals surface area contributed by atoms with Gasteiger partial charge in [0.25, 0.3) is 0 Å². The van der Waals surface area contributed by atoms with E-state index in [0.29, 0.717) is 5.82 Å². The Labute approximate surface area is 83.2 Å². The highest BCUT2D eigenvalue weighted by Gasteiger charge is 2.24. The molecule has 4 heteroatoms. The van der Waals surface area contributed by atoms with Crippen LogP contribution in [0.1, 0.15) is 19.3 Å². The predicted octanol–water partition coefficient (Wildman–Crippen LogP) is 0.989. The van der Waals surface area contributed by atoms with Crippen molar-refractivity contribution in [2.45, 2.75) is 31.4 Å². The van der Waals surface area contributed by atoms with Gasteiger partial charge in [-0.2, -0.15) is 0 Å². The van der Waals surface area contributed by atoms with Gasteiger partial charge in [0, 0.05) is 18.0 Å². The van der Waals surface area contributed by atoms with Crippen LogP contribution >= 0.6 is 0 Å². The van der Waals surface area contributed by atoms with Gasteiger partial charge < -0.3 is 16.2 Å². The molecule has 1 aromatic heterocycles. The summed E-state index contributed by atoms with van der Waals surface area (Å²) in [5.41, 5.74) is 6.49. The zero-order valence-electron chi connectivity index (χ0n) is 7.98. The molecule has 0 saturated heterocycles. The van der Waals surface area contributed by atoms with Gasteiger partial charge in [-0.15, -0.1) is 0 Å². The van der Waals surface area contributed by atoms with Crippen LogP contribution in [-0.2, 0) is 0 Å². The van der Waals surface area contributed by atoms with Crippen LogP contribution in [0.2, 0.25) is 0 Å². The quantitative estimate of drug-likeness (QED) is 0.655. The van der Waals surface area contributed by atoms with Crippen LogP contribution in [0, 0.1) is 0 Å². The first-order chi connectivity index (χ1) is 6.75. The van der Waals surface area contributed by atoms with Crippen molar-refractivity contribution in [2.24, 2.45) is 0 Å². The van der Waals surface area contributed by atoms with Gasteiger partial charge in [0.15, 0.2) is 0 Å². The summed E-state index contributed by atoms with van der Waals surface area (Å²) >= 11 is 0. The summed E-state index contributed by atoms with van der Waals surface area (Å²) < 4.78 is 0. The molecule has 1 aromatic rings. The third kappa shape index (κ3) is 1.96. The number of aromatic nitrogens is 1. The average Bonchev–Trinajstić information content (AvgIpc) is 2.52. The zero-order chi connectivity index (χ0) is 9.97. The largest absolute Gasteiger partial charge is 0.391 e. The Morgan fingerprint density at radius 2 is 2.36 bits per heavy atom. The molecule has 4 nitrogen and oxygen atoms in total. The number of hydrogen-bond acceptors (Lipinski definition) is 4. The maximum atomic E-state index is 9.61. The third-order valence-electron chi connectivity index (χ3n) is 2.61. The summed E-state index contributed by atoms with van der Waals surface area (Å²) in [4.78, 5) is 3.91. The van der Waals surface area contributed by atoms with Crippen LogP contribution in [0.4, 0.5) is 11.5 Å². The molecule has 14 heavy (non-hydrogen) atoms. The minimum atomic E-state index is -0.232. The molecule has 1 saturated carbocycles. The summed E-state index contributed by atoms with van der Waals surface area (Å²) in [6, 6.07) is 3.81. The minimum Gasteiger partial charge on any atom is -0.391 e. The van der Waals surface area contributed by atoms with Gasteiger partial charge >= 0.3 is 0 Å². The number of nitrogens with one attached hydrogen (secondary N) is 1. The number of aliphatic hydroxyl groups is 1. The van der Waals surface area contributed by atoms with Crippen molar-refractivity contribution in [1.82, 2.24) is 4.98 Å². The molecule has 0 spiro atoms. The topological polar surface area (TPSA) is 71.2 Å². The van der Waals surface area contributed by atoms with Gasteiger partial charge in [0.2, 0.25) is 0 Å². The molecule has 2 atom stereocenters. The summed E-state index contributed by atoms with van der Waals surface area (Å²) in [6.07, 6.45) is 4.42. The van der Waals surface area contributed by atoms with Crippen molar-refractivity contribution >= 4 is 11.5 Å². The van der Waals surface area contributed by atoms with E-state index in [-0.39, 0.29) is 12.1 Å². The fourth-order valence-electron chi connectivity index (χ4n) is 1.86. The number of nitrogen functional groups attached to an aromatic ring is 1. The molecule has 0 radical (unpaired) electrons. The fraction of sp³-hybridized carbons (Fsp3) is 0.500. The molecule has 1 aliphatic rings. The van der Waals surface area contributed by atoms with E-state index in [1.807, 2.05) is 6.07 Å². The third-order valence-corrected chi connectivity index (χ3v) is 2.61. The summed E-state index contributed by atoms with van der Waals surface area (Å²) in [7, 11) is 0. The molecule has 2 unspecified atom stereocenters. The molecule has 2 rings (SSSR count). The molecule has 1 heterocycles. The average molecular weight is 193 g/mol. The standard InChI is InChI=1S/C10H15N3O/c11-10-6-7(4-5-12-10)13-8-2-1-3-9(8)14/h4-6,8-9,14H,1-3H2,(H3,11,12,13). The molecule has 0 aliphatic heterocycles. The van der Waals surface area contributed by atoms with Crippen molar-refractivity contribution in [1.29, 1.82) is 0 Å². The number of anilines is 2. The molecule has 0 bridgehead atoms. The Balaban J connectivity index is 2.03. The molecule has 0 amide bonds. The Hall–Kier alpha value is -1.29. The van der Waals surface area contributed by atoms with Crippen molar-refractivity contribution in [2.75, 3.05) is 11.1 Å². The van der Waals surface area contributed by atoms with Crippen LogP contribution in [0.3, 0.4) is 0 Å². The normalized spacial score (nSPS) is 26.4. The van der Waals surface area contributed by atoms with Crippen molar-refractivity contribution in [3.05, 3.63) is 18.3 Å². The molecule has 76 valence electrons. The first-order valence-corrected chi connectivity index (χ1v) is 4.92. The van der Waals surface area contributed by atoms with E-state index in [4.69, 9.17) is 5.73 Å². The Bertz CT molecular complexity index is 316. The molecular formula is C10H15N3O. The van der Waals surface area contributed by atoms with Crippen LogP contribution in [0.25, 0.3) is 0 Å². The van der Waals surface area contributed by atoms with Crippen LogP contribution in [-0.4, -0.2) is 22.2 Å². The molecule has 0 aromatic carbocycles. The number of nitrogens with zero attached hydrogens (tertiary/aromatic N) is 1. The zero-order valence-corrected chi connectivity index (χ0v) is 7.98. The molecule has 1 fully saturated rings. The number of aliphatic hydroxyl groups excluding tert-OH is 1. The fourth-order valence-corrected chi connectivity index (χ4v) is 1.86. The van der Waals surface area contributed by atoms with Gasteiger partial charge in [-0.05, 0) is 25.3 Å². The predicted molar refractivity (Wildman–Crippen MR) is 55.9 cm³/mol. The lowest BCUT2D eigenvalue weighted by atomic mass is 10.2. The smallest absolute Gasteiger partial charge is 0.125 e. The van der Waals surface area contributed by atoms with E-state index in [1.54, 1.807) is 12.3 Å². The first-order valence-electron chi connectivity index (χ1n) is 4.92. The van der Waals surface area contributed by atoms with Crippen LogP contribution < -0.4 is 11.1 Å². The van der Waals surface area contributed by atoms with Gasteiger partial charge in [0.05, 0.1) is 12.1 Å². The van der Waals surface area contributed by atoms with Crippen molar-refractivity contribution in [3.63, 3.8) is 0 Å². The molecule has 1 aliphatic carbocycles. The lowest BCUT2D eigenvalue weighted by Gasteiger charge is -2.17. The Kier molecular flexibility index (Phi) is 2.54.